The Morgan fingerprint density at radius 1 is 1.36 bits per heavy atom. The van der Waals surface area contributed by atoms with Crippen molar-refractivity contribution in [1.29, 1.82) is 0 Å². The summed E-state index contributed by atoms with van der Waals surface area (Å²) in [6.07, 6.45) is 3.10. The number of aryl methyl sites for hydroxylation is 1. The molecule has 1 aromatic rings. The minimum absolute atomic E-state index is 0.0816. The molecule has 1 fully saturated rings. The van der Waals surface area contributed by atoms with Crippen LogP contribution >= 0.6 is 10.7 Å². The van der Waals surface area contributed by atoms with E-state index in [1.807, 2.05) is 0 Å². The number of carbonyl (C=O) groups is 1. The van der Waals surface area contributed by atoms with Gasteiger partial charge in [0.1, 0.15) is 11.5 Å². The molecule has 1 saturated heterocycles. The second kappa shape index (κ2) is 7.44. The number of hydrogen-bond acceptors (Lipinski definition) is 5. The smallest absolute Gasteiger partial charge is 0.261 e. The number of halogens is 1. The van der Waals surface area contributed by atoms with Crippen molar-refractivity contribution in [3.8, 4) is 5.75 Å². The summed E-state index contributed by atoms with van der Waals surface area (Å²) in [4.78, 5) is 13.6. The SMILES string of the molecule is COc1ccc(S(=O)(=O)Cl)cc1CCCN1CCCC(=O)C1. The standard InChI is InChI=1S/C15H20ClNO4S/c1-21-15-7-6-14(22(16,19)20)10-12(15)4-2-8-17-9-3-5-13(18)11-17/h6-7,10H,2-5,8-9,11H2,1H3. The Morgan fingerprint density at radius 2 is 2.14 bits per heavy atom. The summed E-state index contributed by atoms with van der Waals surface area (Å²) in [5.74, 6) is 0.942. The number of benzene rings is 1. The second-order valence-electron chi connectivity index (χ2n) is 5.43. The summed E-state index contributed by atoms with van der Waals surface area (Å²) in [5.41, 5.74) is 0.813. The molecule has 0 bridgehead atoms. The molecule has 1 heterocycles. The Hall–Kier alpha value is -1.11. The molecule has 0 atom stereocenters. The number of likely N-dealkylation sites (tertiary alicyclic amines) is 1. The zero-order chi connectivity index (χ0) is 16.2. The van der Waals surface area contributed by atoms with E-state index in [-0.39, 0.29) is 4.90 Å². The molecule has 0 N–H and O–H groups in total. The summed E-state index contributed by atoms with van der Waals surface area (Å²) in [7, 11) is 3.19. The third-order valence-electron chi connectivity index (χ3n) is 3.78. The van der Waals surface area contributed by atoms with Gasteiger partial charge in [0.2, 0.25) is 0 Å². The quantitative estimate of drug-likeness (QED) is 0.740. The van der Waals surface area contributed by atoms with Gasteiger partial charge in [0.05, 0.1) is 18.6 Å². The summed E-state index contributed by atoms with van der Waals surface area (Å²) in [6, 6.07) is 4.62. The summed E-state index contributed by atoms with van der Waals surface area (Å²) in [5, 5.41) is 0. The molecule has 1 aromatic carbocycles. The van der Waals surface area contributed by atoms with Gasteiger partial charge in [-0.1, -0.05) is 0 Å². The first-order chi connectivity index (χ1) is 10.4. The first kappa shape index (κ1) is 17.2. The van der Waals surface area contributed by atoms with Crippen LogP contribution < -0.4 is 4.74 Å². The van der Waals surface area contributed by atoms with E-state index in [1.54, 1.807) is 19.2 Å². The zero-order valence-electron chi connectivity index (χ0n) is 12.5. The lowest BCUT2D eigenvalue weighted by atomic mass is 10.1. The second-order valence-corrected chi connectivity index (χ2v) is 8.00. The molecule has 122 valence electrons. The minimum atomic E-state index is -3.74. The maximum atomic E-state index is 11.4. The number of methoxy groups -OCH3 is 1. The largest absolute Gasteiger partial charge is 0.496 e. The average molecular weight is 346 g/mol. The average Bonchev–Trinajstić information content (AvgIpc) is 2.46. The fourth-order valence-corrected chi connectivity index (χ4v) is 3.49. The first-order valence-electron chi connectivity index (χ1n) is 7.26. The monoisotopic (exact) mass is 345 g/mol. The van der Waals surface area contributed by atoms with Crippen LogP contribution in [0.4, 0.5) is 0 Å². The van der Waals surface area contributed by atoms with E-state index in [1.165, 1.54) is 6.07 Å². The molecule has 0 spiro atoms. The lowest BCUT2D eigenvalue weighted by Gasteiger charge is -2.25. The highest BCUT2D eigenvalue weighted by Gasteiger charge is 2.17. The van der Waals surface area contributed by atoms with Crippen LogP contribution in [0.25, 0.3) is 0 Å². The van der Waals surface area contributed by atoms with E-state index in [9.17, 15) is 13.2 Å². The van der Waals surface area contributed by atoms with Gasteiger partial charge in [0.15, 0.2) is 0 Å². The van der Waals surface area contributed by atoms with Gasteiger partial charge < -0.3 is 4.74 Å². The Balaban J connectivity index is 2.00. The Bertz CT molecular complexity index is 645. The van der Waals surface area contributed by atoms with Crippen LogP contribution in [0.1, 0.15) is 24.8 Å². The molecule has 1 aliphatic rings. The first-order valence-corrected chi connectivity index (χ1v) is 9.56. The molecule has 2 rings (SSSR count). The number of piperidine rings is 1. The summed E-state index contributed by atoms with van der Waals surface area (Å²) in [6.45, 7) is 2.28. The number of nitrogens with zero attached hydrogens (tertiary/aromatic N) is 1. The molecule has 22 heavy (non-hydrogen) atoms. The van der Waals surface area contributed by atoms with Gasteiger partial charge in [-0.15, -0.1) is 0 Å². The maximum absolute atomic E-state index is 11.4. The number of Topliss-reactive ketones (excluding diaryl/α,β-unsaturated/α-hetero) is 1. The van der Waals surface area contributed by atoms with E-state index in [2.05, 4.69) is 4.90 Å². The zero-order valence-corrected chi connectivity index (χ0v) is 14.1. The van der Waals surface area contributed by atoms with Gasteiger partial charge in [-0.05, 0) is 56.1 Å². The minimum Gasteiger partial charge on any atom is -0.496 e. The number of ketones is 1. The molecule has 0 aromatic heterocycles. The fourth-order valence-electron chi connectivity index (χ4n) is 2.69. The molecule has 0 aliphatic carbocycles. The van der Waals surface area contributed by atoms with E-state index >= 15 is 0 Å². The lowest BCUT2D eigenvalue weighted by Crippen LogP contribution is -2.36. The van der Waals surface area contributed by atoms with Crippen LogP contribution in [-0.4, -0.2) is 45.8 Å². The van der Waals surface area contributed by atoms with Gasteiger partial charge in [-0.25, -0.2) is 8.42 Å². The third kappa shape index (κ3) is 4.69. The highest BCUT2D eigenvalue weighted by atomic mass is 35.7. The topological polar surface area (TPSA) is 63.7 Å². The predicted octanol–water partition coefficient (Wildman–Crippen LogP) is 2.22. The molecule has 0 saturated carbocycles. The van der Waals surface area contributed by atoms with Gasteiger partial charge in [0, 0.05) is 17.1 Å². The van der Waals surface area contributed by atoms with Crippen molar-refractivity contribution in [1.82, 2.24) is 4.90 Å². The van der Waals surface area contributed by atoms with E-state index in [0.29, 0.717) is 30.9 Å². The van der Waals surface area contributed by atoms with Gasteiger partial charge in [-0.2, -0.15) is 0 Å². The predicted molar refractivity (Wildman–Crippen MR) is 85.0 cm³/mol. The van der Waals surface area contributed by atoms with Gasteiger partial charge >= 0.3 is 0 Å². The van der Waals surface area contributed by atoms with Crippen LogP contribution in [0.3, 0.4) is 0 Å². The molecule has 0 radical (unpaired) electrons. The molecular weight excluding hydrogens is 326 g/mol. The van der Waals surface area contributed by atoms with Crippen LogP contribution in [-0.2, 0) is 20.3 Å². The number of rotatable bonds is 6. The van der Waals surface area contributed by atoms with Crippen molar-refractivity contribution < 1.29 is 17.9 Å². The fraction of sp³-hybridized carbons (Fsp3) is 0.533. The Kier molecular flexibility index (Phi) is 5.83. The van der Waals surface area contributed by atoms with Crippen molar-refractivity contribution >= 4 is 25.5 Å². The normalized spacial score (nSPS) is 16.7. The van der Waals surface area contributed by atoms with Crippen LogP contribution in [0.15, 0.2) is 23.1 Å². The lowest BCUT2D eigenvalue weighted by molar-refractivity contribution is -0.122. The van der Waals surface area contributed by atoms with Crippen LogP contribution in [0.5, 0.6) is 5.75 Å². The van der Waals surface area contributed by atoms with E-state index in [4.69, 9.17) is 15.4 Å². The summed E-state index contributed by atoms with van der Waals surface area (Å²) >= 11 is 0. The molecule has 7 heteroatoms. The molecule has 0 unspecified atom stereocenters. The maximum Gasteiger partial charge on any atom is 0.261 e. The number of ether oxygens (including phenoxy) is 1. The molecular formula is C15H20ClNO4S. The van der Waals surface area contributed by atoms with Crippen LogP contribution in [0, 0.1) is 0 Å². The molecule has 1 aliphatic heterocycles. The van der Waals surface area contributed by atoms with Crippen molar-refractivity contribution in [2.45, 2.75) is 30.6 Å². The molecule has 5 nitrogen and oxygen atoms in total. The van der Waals surface area contributed by atoms with Crippen molar-refractivity contribution in [2.75, 3.05) is 26.7 Å². The van der Waals surface area contributed by atoms with Crippen molar-refractivity contribution in [3.63, 3.8) is 0 Å². The number of hydrogen-bond donors (Lipinski definition) is 0. The summed E-state index contributed by atoms with van der Waals surface area (Å²) < 4.78 is 28.1. The number of carbonyl (C=O) groups excluding carboxylic acids is 1. The van der Waals surface area contributed by atoms with E-state index in [0.717, 1.165) is 31.5 Å². The highest BCUT2D eigenvalue weighted by molar-refractivity contribution is 8.13. The van der Waals surface area contributed by atoms with Crippen LogP contribution in [0.2, 0.25) is 0 Å². The highest BCUT2D eigenvalue weighted by Crippen LogP contribution is 2.25. The Morgan fingerprint density at radius 3 is 2.77 bits per heavy atom. The van der Waals surface area contributed by atoms with E-state index < -0.39 is 9.05 Å². The Labute approximate surface area is 135 Å². The van der Waals surface area contributed by atoms with Crippen molar-refractivity contribution in [3.05, 3.63) is 23.8 Å². The van der Waals surface area contributed by atoms with Gasteiger partial charge in [-0.3, -0.25) is 9.69 Å². The third-order valence-corrected chi connectivity index (χ3v) is 5.14. The van der Waals surface area contributed by atoms with Crippen molar-refractivity contribution in [2.24, 2.45) is 0 Å². The van der Waals surface area contributed by atoms with Gasteiger partial charge in [0.25, 0.3) is 9.05 Å². The molecule has 0 amide bonds.